The summed E-state index contributed by atoms with van der Waals surface area (Å²) < 4.78 is 4.57. The molecule has 12 aromatic rings. The fraction of sp³-hybridized carbons (Fsp3) is 0. The van der Waals surface area contributed by atoms with Gasteiger partial charge in [-0.1, -0.05) is 182 Å². The predicted molar refractivity (Wildman–Crippen MR) is 245 cm³/mol. The summed E-state index contributed by atoms with van der Waals surface area (Å²) in [5.74, 6) is 2.68. The molecule has 4 aromatic heterocycles. The molecule has 0 spiro atoms. The molecule has 0 aliphatic carbocycles. The number of rotatable bonds is 6. The number of hydrogen-bond donors (Lipinski definition) is 0. The second-order valence-corrected chi connectivity index (χ2v) is 15.1. The molecule has 0 fully saturated rings. The number of aromatic nitrogens is 6. The van der Waals surface area contributed by atoms with Gasteiger partial charge in [-0.2, -0.15) is 9.97 Å². The summed E-state index contributed by atoms with van der Waals surface area (Å²) in [7, 11) is 0. The molecule has 0 saturated carbocycles. The molecule has 0 aliphatic heterocycles. The standard InChI is InChI=1S/C54H34N6/c1-5-17-35(18-6-1)36-29-31-40(32-30-36)53-55-49(37-19-7-2-8-20-37)50-45-34-48-44(33-43(45)41-25-13-16-28-47(41)60(50)53)42-26-14-15-27-46(42)59(48)54-57-51(38-21-9-3-10-22-38)56-52(58-54)39-23-11-4-12-24-39/h1-34H. The van der Waals surface area contributed by atoms with Crippen LogP contribution in [0.15, 0.2) is 206 Å². The van der Waals surface area contributed by atoms with Crippen LogP contribution in [-0.2, 0) is 0 Å². The zero-order valence-electron chi connectivity index (χ0n) is 32.3. The van der Waals surface area contributed by atoms with E-state index in [2.05, 4.69) is 155 Å². The van der Waals surface area contributed by atoms with Gasteiger partial charge in [0.1, 0.15) is 5.82 Å². The highest BCUT2D eigenvalue weighted by Crippen LogP contribution is 2.43. The van der Waals surface area contributed by atoms with Crippen LogP contribution >= 0.6 is 0 Å². The number of nitrogens with zero attached hydrogens (tertiary/aromatic N) is 6. The monoisotopic (exact) mass is 766 g/mol. The quantitative estimate of drug-likeness (QED) is 0.158. The third-order valence-corrected chi connectivity index (χ3v) is 11.6. The first kappa shape index (κ1) is 33.9. The second-order valence-electron chi connectivity index (χ2n) is 15.1. The molecule has 0 amide bonds. The second kappa shape index (κ2) is 13.7. The first-order valence-corrected chi connectivity index (χ1v) is 20.2. The van der Waals surface area contributed by atoms with Gasteiger partial charge in [-0.05, 0) is 40.8 Å². The van der Waals surface area contributed by atoms with Crippen LogP contribution in [0.3, 0.4) is 0 Å². The van der Waals surface area contributed by atoms with Crippen LogP contribution in [0.4, 0.5) is 0 Å². The molecule has 0 atom stereocenters. The van der Waals surface area contributed by atoms with E-state index in [1.54, 1.807) is 0 Å². The number of pyridine rings is 1. The molecule has 0 unspecified atom stereocenters. The molecule has 60 heavy (non-hydrogen) atoms. The van der Waals surface area contributed by atoms with Crippen LogP contribution in [-0.4, -0.2) is 28.9 Å². The third-order valence-electron chi connectivity index (χ3n) is 11.6. The van der Waals surface area contributed by atoms with Gasteiger partial charge in [0.15, 0.2) is 11.6 Å². The Morgan fingerprint density at radius 2 is 0.783 bits per heavy atom. The van der Waals surface area contributed by atoms with Gasteiger partial charge in [0, 0.05) is 43.8 Å². The molecule has 6 heteroatoms. The molecule has 0 bridgehead atoms. The largest absolute Gasteiger partial charge is 0.291 e. The minimum atomic E-state index is 0.557. The summed E-state index contributed by atoms with van der Waals surface area (Å²) in [5.41, 5.74) is 11.4. The molecular weight excluding hydrogens is 733 g/mol. The molecule has 0 saturated heterocycles. The molecule has 8 aromatic carbocycles. The summed E-state index contributed by atoms with van der Waals surface area (Å²) in [4.78, 5) is 21.0. The molecule has 0 aliphatic rings. The zero-order valence-corrected chi connectivity index (χ0v) is 32.3. The predicted octanol–water partition coefficient (Wildman–Crippen LogP) is 13.3. The fourth-order valence-electron chi connectivity index (χ4n) is 8.78. The first-order valence-electron chi connectivity index (χ1n) is 20.2. The highest BCUT2D eigenvalue weighted by molar-refractivity contribution is 6.23. The Kier molecular flexibility index (Phi) is 7.74. The van der Waals surface area contributed by atoms with E-state index in [1.165, 1.54) is 5.56 Å². The van der Waals surface area contributed by atoms with Gasteiger partial charge < -0.3 is 0 Å². The Morgan fingerprint density at radius 3 is 1.40 bits per heavy atom. The van der Waals surface area contributed by atoms with E-state index in [1.807, 2.05) is 60.7 Å². The summed E-state index contributed by atoms with van der Waals surface area (Å²) in [6.45, 7) is 0. The molecule has 280 valence electrons. The Hall–Kier alpha value is -8.22. The maximum Gasteiger partial charge on any atom is 0.238 e. The highest BCUT2D eigenvalue weighted by Gasteiger charge is 2.24. The van der Waals surface area contributed by atoms with Crippen molar-refractivity contribution in [2.75, 3.05) is 0 Å². The number of fused-ring (bicyclic) bond motifs is 9. The Labute approximate surface area is 345 Å². The van der Waals surface area contributed by atoms with Crippen molar-refractivity contribution >= 4 is 49.0 Å². The fourth-order valence-corrected chi connectivity index (χ4v) is 8.78. The summed E-state index contributed by atoms with van der Waals surface area (Å²) >= 11 is 0. The van der Waals surface area contributed by atoms with Crippen molar-refractivity contribution in [2.45, 2.75) is 0 Å². The molecule has 6 nitrogen and oxygen atoms in total. The van der Waals surface area contributed by atoms with Crippen LogP contribution in [0.2, 0.25) is 0 Å². The average molecular weight is 767 g/mol. The van der Waals surface area contributed by atoms with Crippen molar-refractivity contribution in [3.8, 4) is 62.5 Å². The smallest absolute Gasteiger partial charge is 0.238 e. The summed E-state index contributed by atoms with van der Waals surface area (Å²) in [5, 5.41) is 5.63. The van der Waals surface area contributed by atoms with E-state index in [0.717, 1.165) is 88.3 Å². The number of hydrogen-bond acceptors (Lipinski definition) is 4. The molecule has 0 N–H and O–H groups in total. The van der Waals surface area contributed by atoms with Gasteiger partial charge in [-0.3, -0.25) is 8.97 Å². The van der Waals surface area contributed by atoms with Crippen LogP contribution in [0.1, 0.15) is 0 Å². The lowest BCUT2D eigenvalue weighted by Crippen LogP contribution is -2.06. The highest BCUT2D eigenvalue weighted by atomic mass is 15.2. The zero-order chi connectivity index (χ0) is 39.6. The minimum absolute atomic E-state index is 0.557. The van der Waals surface area contributed by atoms with Gasteiger partial charge in [0.05, 0.1) is 27.8 Å². The average Bonchev–Trinajstić information content (AvgIpc) is 3.89. The Balaban J connectivity index is 1.19. The maximum atomic E-state index is 5.55. The molecule has 4 heterocycles. The Morgan fingerprint density at radius 1 is 0.300 bits per heavy atom. The molecule has 0 radical (unpaired) electrons. The van der Waals surface area contributed by atoms with Gasteiger partial charge in [0.25, 0.3) is 0 Å². The van der Waals surface area contributed by atoms with Crippen molar-refractivity contribution in [1.82, 2.24) is 28.9 Å². The first-order chi connectivity index (χ1) is 29.8. The number of imidazole rings is 1. The van der Waals surface area contributed by atoms with E-state index >= 15 is 0 Å². The SMILES string of the molecule is c1ccc(-c2ccc(-c3nc(-c4ccccc4)c4c5cc6c(cc5c5ccccc5n34)c3ccccc3n6-c3nc(-c4ccccc4)nc(-c4ccccc4)n3)cc2)cc1. The van der Waals surface area contributed by atoms with Gasteiger partial charge in [0.2, 0.25) is 5.95 Å². The van der Waals surface area contributed by atoms with E-state index in [0.29, 0.717) is 17.6 Å². The van der Waals surface area contributed by atoms with Crippen molar-refractivity contribution in [3.63, 3.8) is 0 Å². The van der Waals surface area contributed by atoms with Gasteiger partial charge in [-0.25, -0.2) is 9.97 Å². The summed E-state index contributed by atoms with van der Waals surface area (Å²) in [6.07, 6.45) is 0. The maximum absolute atomic E-state index is 5.55. The van der Waals surface area contributed by atoms with Gasteiger partial charge in [-0.15, -0.1) is 0 Å². The van der Waals surface area contributed by atoms with E-state index in [9.17, 15) is 0 Å². The lowest BCUT2D eigenvalue weighted by Gasteiger charge is -2.14. The van der Waals surface area contributed by atoms with E-state index in [-0.39, 0.29) is 0 Å². The van der Waals surface area contributed by atoms with E-state index in [4.69, 9.17) is 19.9 Å². The lowest BCUT2D eigenvalue weighted by atomic mass is 9.99. The van der Waals surface area contributed by atoms with Crippen molar-refractivity contribution in [3.05, 3.63) is 206 Å². The van der Waals surface area contributed by atoms with Crippen LogP contribution < -0.4 is 0 Å². The summed E-state index contributed by atoms with van der Waals surface area (Å²) in [6, 6.07) is 72.1. The van der Waals surface area contributed by atoms with Crippen molar-refractivity contribution < 1.29 is 0 Å². The minimum Gasteiger partial charge on any atom is -0.291 e. The van der Waals surface area contributed by atoms with Crippen molar-refractivity contribution in [2.24, 2.45) is 0 Å². The number of para-hydroxylation sites is 2. The normalized spacial score (nSPS) is 11.7. The van der Waals surface area contributed by atoms with Crippen LogP contribution in [0, 0.1) is 0 Å². The van der Waals surface area contributed by atoms with Crippen LogP contribution in [0.25, 0.3) is 111 Å². The van der Waals surface area contributed by atoms with Crippen molar-refractivity contribution in [1.29, 1.82) is 0 Å². The third kappa shape index (κ3) is 5.42. The molecular formula is C54H34N6. The lowest BCUT2D eigenvalue weighted by molar-refractivity contribution is 0.954. The molecule has 12 rings (SSSR count). The van der Waals surface area contributed by atoms with Gasteiger partial charge >= 0.3 is 0 Å². The van der Waals surface area contributed by atoms with Crippen LogP contribution in [0.5, 0.6) is 0 Å². The topological polar surface area (TPSA) is 60.9 Å². The van der Waals surface area contributed by atoms with E-state index < -0.39 is 0 Å². The number of benzene rings is 8. The Bertz CT molecular complexity index is 3500.